The van der Waals surface area contributed by atoms with Crippen LogP contribution in [0.3, 0.4) is 0 Å². The predicted octanol–water partition coefficient (Wildman–Crippen LogP) is 1.31. The molecule has 1 atom stereocenters. The molecule has 1 unspecified atom stereocenters. The number of benzene rings is 1. The van der Waals surface area contributed by atoms with Gasteiger partial charge in [0.1, 0.15) is 5.82 Å². The first kappa shape index (κ1) is 9.62. The molecular formula is C11H15FN2. The Kier molecular flexibility index (Phi) is 2.52. The summed E-state index contributed by atoms with van der Waals surface area (Å²) < 4.78 is 13.0. The maximum atomic E-state index is 13.0. The van der Waals surface area contributed by atoms with E-state index in [1.165, 1.54) is 11.6 Å². The Balaban J connectivity index is 2.40. The van der Waals surface area contributed by atoms with Crippen LogP contribution in [0.5, 0.6) is 0 Å². The Labute approximate surface area is 83.5 Å². The Morgan fingerprint density at radius 1 is 1.57 bits per heavy atom. The van der Waals surface area contributed by atoms with Gasteiger partial charge in [-0.25, -0.2) is 4.39 Å². The van der Waals surface area contributed by atoms with E-state index in [2.05, 4.69) is 4.90 Å². The van der Waals surface area contributed by atoms with Gasteiger partial charge in [0.15, 0.2) is 0 Å². The molecule has 0 radical (unpaired) electrons. The first-order valence-corrected chi connectivity index (χ1v) is 4.87. The predicted molar refractivity (Wildman–Crippen MR) is 54.5 cm³/mol. The molecule has 3 heteroatoms. The molecule has 0 bridgehead atoms. The molecule has 2 rings (SSSR count). The van der Waals surface area contributed by atoms with Crippen LogP contribution in [0.1, 0.15) is 17.0 Å². The highest BCUT2D eigenvalue weighted by molar-refractivity contribution is 5.33. The molecule has 1 aromatic rings. The van der Waals surface area contributed by atoms with Crippen LogP contribution < -0.4 is 5.73 Å². The van der Waals surface area contributed by atoms with Crippen molar-refractivity contribution in [2.45, 2.75) is 12.5 Å². The largest absolute Gasteiger partial charge is 0.330 e. The van der Waals surface area contributed by atoms with Gasteiger partial charge in [-0.1, -0.05) is 6.07 Å². The second-order valence-corrected chi connectivity index (χ2v) is 3.97. The van der Waals surface area contributed by atoms with E-state index in [1.807, 2.05) is 13.1 Å². The van der Waals surface area contributed by atoms with E-state index in [1.54, 1.807) is 6.07 Å². The van der Waals surface area contributed by atoms with Crippen LogP contribution in [0, 0.1) is 5.82 Å². The minimum Gasteiger partial charge on any atom is -0.330 e. The topological polar surface area (TPSA) is 29.3 Å². The van der Waals surface area contributed by atoms with Gasteiger partial charge in [-0.15, -0.1) is 0 Å². The van der Waals surface area contributed by atoms with Gasteiger partial charge in [-0.3, -0.25) is 0 Å². The normalized spacial score (nSPS) is 22.1. The number of halogens is 1. The fourth-order valence-electron chi connectivity index (χ4n) is 2.14. The van der Waals surface area contributed by atoms with Crippen molar-refractivity contribution in [2.75, 3.05) is 20.1 Å². The minimum absolute atomic E-state index is 0.158. The lowest BCUT2D eigenvalue weighted by molar-refractivity contribution is 0.282. The maximum Gasteiger partial charge on any atom is 0.123 e. The molecule has 2 nitrogen and oxygen atoms in total. The van der Waals surface area contributed by atoms with Gasteiger partial charge < -0.3 is 10.6 Å². The molecule has 0 saturated heterocycles. The number of hydrogen-bond acceptors (Lipinski definition) is 2. The Morgan fingerprint density at radius 3 is 3.07 bits per heavy atom. The maximum absolute atomic E-state index is 13.0. The summed E-state index contributed by atoms with van der Waals surface area (Å²) in [6, 6.07) is 5.01. The van der Waals surface area contributed by atoms with Crippen molar-refractivity contribution in [2.24, 2.45) is 5.73 Å². The van der Waals surface area contributed by atoms with Crippen LogP contribution >= 0.6 is 0 Å². The van der Waals surface area contributed by atoms with Crippen molar-refractivity contribution in [3.63, 3.8) is 0 Å². The first-order chi connectivity index (χ1) is 6.70. The molecule has 0 spiro atoms. The molecule has 0 aromatic heterocycles. The zero-order chi connectivity index (χ0) is 10.1. The SMILES string of the molecule is CN1Cc2cc(F)ccc2C(CN)C1. The summed E-state index contributed by atoms with van der Waals surface area (Å²) in [4.78, 5) is 2.18. The van der Waals surface area contributed by atoms with Gasteiger partial charge in [0.25, 0.3) is 0 Å². The molecule has 76 valence electrons. The number of likely N-dealkylation sites (N-methyl/N-ethyl adjacent to an activating group) is 1. The number of fused-ring (bicyclic) bond motifs is 1. The minimum atomic E-state index is -0.158. The molecule has 2 N–H and O–H groups in total. The molecule has 1 heterocycles. The third kappa shape index (κ3) is 1.65. The molecule has 14 heavy (non-hydrogen) atoms. The molecule has 0 amide bonds. The van der Waals surface area contributed by atoms with Crippen molar-refractivity contribution in [1.29, 1.82) is 0 Å². The fourth-order valence-corrected chi connectivity index (χ4v) is 2.14. The smallest absolute Gasteiger partial charge is 0.123 e. The molecule has 0 aliphatic carbocycles. The Morgan fingerprint density at radius 2 is 2.36 bits per heavy atom. The highest BCUT2D eigenvalue weighted by atomic mass is 19.1. The fraction of sp³-hybridized carbons (Fsp3) is 0.455. The van der Waals surface area contributed by atoms with Gasteiger partial charge in [-0.2, -0.15) is 0 Å². The highest BCUT2D eigenvalue weighted by Crippen LogP contribution is 2.27. The van der Waals surface area contributed by atoms with E-state index in [0.717, 1.165) is 18.7 Å². The van der Waals surface area contributed by atoms with E-state index >= 15 is 0 Å². The number of rotatable bonds is 1. The van der Waals surface area contributed by atoms with Crippen LogP contribution in [0.25, 0.3) is 0 Å². The van der Waals surface area contributed by atoms with Crippen LogP contribution in [0.4, 0.5) is 4.39 Å². The average molecular weight is 194 g/mol. The number of hydrogen-bond donors (Lipinski definition) is 1. The van der Waals surface area contributed by atoms with Gasteiger partial charge in [0, 0.05) is 25.6 Å². The molecule has 0 fully saturated rings. The second kappa shape index (κ2) is 3.67. The van der Waals surface area contributed by atoms with Crippen molar-refractivity contribution in [1.82, 2.24) is 4.90 Å². The Hall–Kier alpha value is -0.930. The summed E-state index contributed by atoms with van der Waals surface area (Å²) in [6.07, 6.45) is 0. The van der Waals surface area contributed by atoms with Crippen LogP contribution in [0.2, 0.25) is 0 Å². The van der Waals surface area contributed by atoms with Gasteiger partial charge in [0.2, 0.25) is 0 Å². The average Bonchev–Trinajstić information content (AvgIpc) is 2.15. The zero-order valence-corrected chi connectivity index (χ0v) is 8.33. The number of nitrogens with zero attached hydrogens (tertiary/aromatic N) is 1. The van der Waals surface area contributed by atoms with Crippen LogP contribution in [0.15, 0.2) is 18.2 Å². The van der Waals surface area contributed by atoms with E-state index in [9.17, 15) is 4.39 Å². The standard InChI is InChI=1S/C11H15FN2/c1-14-6-8-4-10(12)2-3-11(8)9(5-13)7-14/h2-4,9H,5-7,13H2,1H3. The zero-order valence-electron chi connectivity index (χ0n) is 8.33. The van der Waals surface area contributed by atoms with Gasteiger partial charge in [-0.05, 0) is 30.3 Å². The molecule has 1 aliphatic heterocycles. The third-order valence-electron chi connectivity index (χ3n) is 2.80. The van der Waals surface area contributed by atoms with E-state index in [4.69, 9.17) is 5.73 Å². The summed E-state index contributed by atoms with van der Waals surface area (Å²) in [5.74, 6) is 0.194. The van der Waals surface area contributed by atoms with Crippen molar-refractivity contribution >= 4 is 0 Å². The quantitative estimate of drug-likeness (QED) is 0.730. The van der Waals surface area contributed by atoms with E-state index in [0.29, 0.717) is 12.5 Å². The number of nitrogens with two attached hydrogens (primary N) is 1. The summed E-state index contributed by atoms with van der Waals surface area (Å²) in [7, 11) is 2.04. The van der Waals surface area contributed by atoms with Crippen LogP contribution in [-0.2, 0) is 6.54 Å². The third-order valence-corrected chi connectivity index (χ3v) is 2.80. The van der Waals surface area contributed by atoms with E-state index < -0.39 is 0 Å². The summed E-state index contributed by atoms with van der Waals surface area (Å²) >= 11 is 0. The summed E-state index contributed by atoms with van der Waals surface area (Å²) in [5, 5.41) is 0. The lowest BCUT2D eigenvalue weighted by atomic mass is 9.90. The van der Waals surface area contributed by atoms with Crippen molar-refractivity contribution < 1.29 is 4.39 Å². The molecular weight excluding hydrogens is 179 g/mol. The first-order valence-electron chi connectivity index (χ1n) is 4.87. The van der Waals surface area contributed by atoms with Crippen LogP contribution in [-0.4, -0.2) is 25.0 Å². The molecule has 0 saturated carbocycles. The van der Waals surface area contributed by atoms with Crippen molar-refractivity contribution in [3.8, 4) is 0 Å². The van der Waals surface area contributed by atoms with Gasteiger partial charge in [0.05, 0.1) is 0 Å². The van der Waals surface area contributed by atoms with Gasteiger partial charge >= 0.3 is 0 Å². The monoisotopic (exact) mass is 194 g/mol. The lowest BCUT2D eigenvalue weighted by Crippen LogP contribution is -2.33. The highest BCUT2D eigenvalue weighted by Gasteiger charge is 2.22. The second-order valence-electron chi connectivity index (χ2n) is 3.97. The van der Waals surface area contributed by atoms with Crippen molar-refractivity contribution in [3.05, 3.63) is 35.1 Å². The summed E-state index contributed by atoms with van der Waals surface area (Å²) in [5.41, 5.74) is 7.99. The Bertz CT molecular complexity index is 338. The molecule has 1 aliphatic rings. The summed E-state index contributed by atoms with van der Waals surface area (Å²) in [6.45, 7) is 2.42. The molecule has 1 aromatic carbocycles. The lowest BCUT2D eigenvalue weighted by Gasteiger charge is -2.31. The van der Waals surface area contributed by atoms with E-state index in [-0.39, 0.29) is 5.82 Å².